The molecule has 3 nitrogen and oxygen atoms in total. The van der Waals surface area contributed by atoms with Crippen LogP contribution < -0.4 is 5.32 Å². The van der Waals surface area contributed by atoms with Gasteiger partial charge in [-0.15, -0.1) is 0 Å². The minimum Gasteiger partial charge on any atom is -0.316 e. The largest absolute Gasteiger partial charge is 0.316 e. The third kappa shape index (κ3) is 1.64. The average Bonchev–Trinajstić information content (AvgIpc) is 2.67. The first-order valence-corrected chi connectivity index (χ1v) is 5.00. The van der Waals surface area contributed by atoms with Crippen molar-refractivity contribution in [2.24, 2.45) is 0 Å². The van der Waals surface area contributed by atoms with Crippen LogP contribution in [0.25, 0.3) is 0 Å². The quantitative estimate of drug-likeness (QED) is 0.715. The van der Waals surface area contributed by atoms with Gasteiger partial charge in [-0.2, -0.15) is 4.37 Å². The van der Waals surface area contributed by atoms with Crippen LogP contribution in [0.3, 0.4) is 0 Å². The Labute approximate surface area is 77.8 Å². The molecule has 1 aliphatic heterocycles. The number of aryl methyl sites for hydroxylation is 1. The summed E-state index contributed by atoms with van der Waals surface area (Å²) >= 11 is 1.46. The fraction of sp³-hybridized carbons (Fsp3) is 0.750. The number of rotatable bonds is 1. The Morgan fingerprint density at radius 2 is 2.75 bits per heavy atom. The zero-order valence-electron chi connectivity index (χ0n) is 7.92. The Morgan fingerprint density at radius 3 is 3.42 bits per heavy atom. The van der Waals surface area contributed by atoms with E-state index >= 15 is 0 Å². The van der Waals surface area contributed by atoms with Gasteiger partial charge in [0.2, 0.25) is 0 Å². The van der Waals surface area contributed by atoms with Crippen molar-refractivity contribution in [3.63, 3.8) is 0 Å². The molecule has 1 saturated heterocycles. The molecule has 0 aromatic carbocycles. The van der Waals surface area contributed by atoms with Gasteiger partial charge < -0.3 is 5.32 Å². The first-order valence-electron chi connectivity index (χ1n) is 4.93. The van der Waals surface area contributed by atoms with Gasteiger partial charge in [0.25, 0.3) is 0 Å². The van der Waals surface area contributed by atoms with E-state index in [2.05, 4.69) is 14.7 Å². The van der Waals surface area contributed by atoms with Crippen LogP contribution in [0.1, 0.15) is 31.0 Å². The van der Waals surface area contributed by atoms with Gasteiger partial charge >= 0.3 is 0 Å². The van der Waals surface area contributed by atoms with Gasteiger partial charge in [0.1, 0.15) is 10.8 Å². The molecule has 1 N–H and O–H groups in total. The molecule has 0 radical (unpaired) electrons. The molecule has 1 aromatic rings. The number of hydrogen-bond donors (Lipinski definition) is 1. The summed E-state index contributed by atoms with van der Waals surface area (Å²) in [6, 6.07) is 0. The van der Waals surface area contributed by atoms with Crippen molar-refractivity contribution in [3.8, 4) is 0 Å². The van der Waals surface area contributed by atoms with Crippen molar-refractivity contribution < 1.29 is 1.37 Å². The third-order valence-corrected chi connectivity index (χ3v) is 3.04. The molecule has 0 spiro atoms. The highest BCUT2D eigenvalue weighted by Gasteiger charge is 2.18. The average molecular weight is 184 g/mol. The molecule has 1 atom stereocenters. The molecular weight excluding hydrogens is 170 g/mol. The molecule has 0 saturated carbocycles. The highest BCUT2D eigenvalue weighted by atomic mass is 32.1. The molecule has 12 heavy (non-hydrogen) atoms. The van der Waals surface area contributed by atoms with Crippen molar-refractivity contribution in [1.29, 1.82) is 0 Å². The minimum absolute atomic E-state index is 0.205. The Kier molecular flexibility index (Phi) is 2.03. The Balaban J connectivity index is 2.05. The summed E-state index contributed by atoms with van der Waals surface area (Å²) in [5, 5.41) is 4.46. The van der Waals surface area contributed by atoms with Crippen LogP contribution in [-0.2, 0) is 0 Å². The highest BCUT2D eigenvalue weighted by Crippen LogP contribution is 2.23. The Hall–Kier alpha value is -0.480. The van der Waals surface area contributed by atoms with E-state index in [1.54, 1.807) is 0 Å². The third-order valence-electron chi connectivity index (χ3n) is 2.13. The van der Waals surface area contributed by atoms with Gasteiger partial charge in [0.15, 0.2) is 0 Å². The highest BCUT2D eigenvalue weighted by molar-refractivity contribution is 7.05. The van der Waals surface area contributed by atoms with Crippen LogP contribution in [0.2, 0.25) is 0 Å². The second kappa shape index (κ2) is 3.49. The summed E-state index contributed by atoms with van der Waals surface area (Å²) in [4.78, 5) is 4.33. The zero-order chi connectivity index (χ0) is 9.10. The fourth-order valence-corrected chi connectivity index (χ4v) is 2.23. The number of piperidine rings is 1. The Morgan fingerprint density at radius 1 is 1.75 bits per heavy atom. The molecule has 0 aliphatic carbocycles. The first kappa shape index (κ1) is 6.97. The molecule has 2 rings (SSSR count). The molecule has 1 aromatic heterocycles. The van der Waals surface area contributed by atoms with E-state index in [9.17, 15) is 0 Å². The van der Waals surface area contributed by atoms with Gasteiger partial charge in [-0.05, 0) is 37.8 Å². The van der Waals surface area contributed by atoms with Crippen molar-refractivity contribution in [1.82, 2.24) is 14.7 Å². The van der Waals surface area contributed by atoms with Crippen LogP contribution in [0.5, 0.6) is 0 Å². The monoisotopic (exact) mass is 184 g/mol. The van der Waals surface area contributed by atoms with Gasteiger partial charge in [-0.25, -0.2) is 4.98 Å². The minimum atomic E-state index is 0.205. The zero-order valence-corrected chi connectivity index (χ0v) is 7.73. The van der Waals surface area contributed by atoms with Gasteiger partial charge in [-0.3, -0.25) is 0 Å². The molecule has 2 heterocycles. The molecule has 1 unspecified atom stereocenters. The number of hydrogen-bond acceptors (Lipinski definition) is 4. The van der Waals surface area contributed by atoms with Crippen molar-refractivity contribution >= 4 is 11.5 Å². The smallest absolute Gasteiger partial charge is 0.139 e. The second-order valence-corrected chi connectivity index (χ2v) is 3.88. The maximum Gasteiger partial charge on any atom is 0.139 e. The van der Waals surface area contributed by atoms with E-state index in [0.717, 1.165) is 18.1 Å². The molecular formula is C8H13N3S. The second-order valence-electron chi connectivity index (χ2n) is 3.09. The SMILES string of the molecule is [2H]Cc1nsc(C2CCCNC2)n1. The van der Waals surface area contributed by atoms with E-state index in [4.69, 9.17) is 1.37 Å². The molecule has 0 amide bonds. The molecule has 66 valence electrons. The molecule has 1 aliphatic rings. The number of nitrogens with one attached hydrogen (secondary N) is 1. The lowest BCUT2D eigenvalue weighted by atomic mass is 10.0. The standard InChI is InChI=1S/C8H13N3S/c1-6-10-8(12-11-6)7-3-2-4-9-5-7/h7,9H,2-5H2,1H3/i1D. The topological polar surface area (TPSA) is 37.8 Å². The van der Waals surface area contributed by atoms with Crippen LogP contribution >= 0.6 is 11.5 Å². The van der Waals surface area contributed by atoms with Gasteiger partial charge in [0, 0.05) is 13.8 Å². The van der Waals surface area contributed by atoms with Crippen LogP contribution in [0.4, 0.5) is 0 Å². The normalized spacial score (nSPS) is 25.3. The molecule has 4 heteroatoms. The summed E-state index contributed by atoms with van der Waals surface area (Å²) < 4.78 is 11.3. The predicted octanol–water partition coefficient (Wildman–Crippen LogP) is 1.31. The van der Waals surface area contributed by atoms with E-state index in [1.807, 2.05) is 0 Å². The van der Waals surface area contributed by atoms with Crippen molar-refractivity contribution in [3.05, 3.63) is 10.8 Å². The lowest BCUT2D eigenvalue weighted by Crippen LogP contribution is -2.28. The maximum absolute atomic E-state index is 7.14. The number of aromatic nitrogens is 2. The maximum atomic E-state index is 7.14. The first-order chi connectivity index (χ1) is 6.40. The van der Waals surface area contributed by atoms with Gasteiger partial charge in [-0.1, -0.05) is 0 Å². The predicted molar refractivity (Wildman–Crippen MR) is 49.5 cm³/mol. The lowest BCUT2D eigenvalue weighted by Gasteiger charge is -2.19. The summed E-state index contributed by atoms with van der Waals surface area (Å²) in [5.41, 5.74) is 0. The van der Waals surface area contributed by atoms with Crippen molar-refractivity contribution in [2.45, 2.75) is 25.7 Å². The Bertz CT molecular complexity index is 270. The molecule has 1 fully saturated rings. The van der Waals surface area contributed by atoms with Crippen molar-refractivity contribution in [2.75, 3.05) is 13.1 Å². The number of nitrogens with zero attached hydrogens (tertiary/aromatic N) is 2. The van der Waals surface area contributed by atoms with Crippen LogP contribution in [0, 0.1) is 6.90 Å². The van der Waals surface area contributed by atoms with E-state index in [-0.39, 0.29) is 6.90 Å². The summed E-state index contributed by atoms with van der Waals surface area (Å²) in [7, 11) is 0. The van der Waals surface area contributed by atoms with E-state index in [0.29, 0.717) is 11.7 Å². The van der Waals surface area contributed by atoms with E-state index in [1.165, 1.54) is 24.4 Å². The summed E-state index contributed by atoms with van der Waals surface area (Å²) in [5.74, 6) is 1.21. The van der Waals surface area contributed by atoms with Crippen LogP contribution in [0.15, 0.2) is 0 Å². The van der Waals surface area contributed by atoms with Gasteiger partial charge in [0.05, 0.1) is 0 Å². The summed E-state index contributed by atoms with van der Waals surface area (Å²) in [6.45, 7) is 2.35. The summed E-state index contributed by atoms with van der Waals surface area (Å²) in [6.07, 6.45) is 2.43. The van der Waals surface area contributed by atoms with Crippen LogP contribution in [-0.4, -0.2) is 22.4 Å². The lowest BCUT2D eigenvalue weighted by molar-refractivity contribution is 0.460. The van der Waals surface area contributed by atoms with E-state index < -0.39 is 0 Å². The molecule has 0 bridgehead atoms. The fourth-order valence-electron chi connectivity index (χ4n) is 1.50.